The van der Waals surface area contributed by atoms with Crippen molar-refractivity contribution in [1.29, 1.82) is 0 Å². The monoisotopic (exact) mass is 931 g/mol. The molecule has 0 bridgehead atoms. The van der Waals surface area contributed by atoms with Crippen LogP contribution in [0.1, 0.15) is 125 Å². The summed E-state index contributed by atoms with van der Waals surface area (Å²) in [6, 6.07) is 10.8. The first-order valence-electron chi connectivity index (χ1n) is 23.8. The average Bonchev–Trinajstić information content (AvgIpc) is 4.04. The highest BCUT2D eigenvalue weighted by Gasteiger charge is 2.28. The number of hydrogen-bond donors (Lipinski definition) is 3. The van der Waals surface area contributed by atoms with Gasteiger partial charge in [-0.05, 0) is 119 Å². The summed E-state index contributed by atoms with van der Waals surface area (Å²) in [6.45, 7) is 19.1. The fraction of sp³-hybridized carbons (Fsp3) is 0.633. The third-order valence-corrected chi connectivity index (χ3v) is 15.9. The van der Waals surface area contributed by atoms with Crippen molar-refractivity contribution in [2.45, 2.75) is 131 Å². The van der Waals surface area contributed by atoms with E-state index < -0.39 is 0 Å². The first kappa shape index (κ1) is 49.8. The molecule has 64 heavy (non-hydrogen) atoms. The number of nitrogens with zero attached hydrogens (tertiary/aromatic N) is 6. The molecule has 4 aliphatic rings. The van der Waals surface area contributed by atoms with E-state index in [1.807, 2.05) is 18.6 Å². The van der Waals surface area contributed by atoms with Crippen molar-refractivity contribution in [2.75, 3.05) is 55.2 Å². The molecule has 0 atom stereocenters. The van der Waals surface area contributed by atoms with Crippen molar-refractivity contribution < 1.29 is 14.4 Å². The third-order valence-electron chi connectivity index (χ3n) is 13.2. The number of amides is 3. The van der Waals surface area contributed by atoms with Crippen LogP contribution in [0.15, 0.2) is 48.9 Å². The maximum Gasteiger partial charge on any atom is 0.223 e. The highest BCUT2D eigenvalue weighted by molar-refractivity contribution is 7.16. The quantitative estimate of drug-likeness (QED) is 0.120. The second-order valence-electron chi connectivity index (χ2n) is 18.7. The largest absolute Gasteiger partial charge is 0.302 e. The van der Waals surface area contributed by atoms with Gasteiger partial charge in [0.15, 0.2) is 15.4 Å². The molecule has 4 aromatic rings. The summed E-state index contributed by atoms with van der Waals surface area (Å²) in [6.07, 6.45) is 22.0. The Bertz CT molecular complexity index is 1990. The molecule has 1 saturated carbocycles. The van der Waals surface area contributed by atoms with Gasteiger partial charge in [0.05, 0.1) is 0 Å². The molecule has 6 heterocycles. The van der Waals surface area contributed by atoms with Gasteiger partial charge in [-0.15, -0.1) is 34.0 Å². The molecule has 3 amide bonds. The van der Waals surface area contributed by atoms with Crippen LogP contribution in [0.25, 0.3) is 0 Å². The average molecular weight is 932 g/mol. The fourth-order valence-corrected chi connectivity index (χ4v) is 12.4. The summed E-state index contributed by atoms with van der Waals surface area (Å²) in [5.74, 6) is 4.29. The molecule has 12 nitrogen and oxygen atoms in total. The Morgan fingerprint density at radius 1 is 0.562 bits per heavy atom. The molecule has 1 aromatic carbocycles. The van der Waals surface area contributed by atoms with Crippen LogP contribution in [0.2, 0.25) is 0 Å². The number of thiazole rings is 3. The van der Waals surface area contributed by atoms with Crippen LogP contribution in [-0.4, -0.2) is 86.6 Å². The second kappa shape index (κ2) is 25.9. The summed E-state index contributed by atoms with van der Waals surface area (Å²) in [5, 5.41) is 10.4. The van der Waals surface area contributed by atoms with E-state index in [4.69, 9.17) is 0 Å². The fourth-order valence-electron chi connectivity index (χ4n) is 9.69. The zero-order valence-electron chi connectivity index (χ0n) is 39.0. The highest BCUT2D eigenvalue weighted by Crippen LogP contribution is 2.36. The number of carbonyl (C=O) groups is 3. The second-order valence-corrected chi connectivity index (χ2v) is 22.1. The number of benzene rings is 1. The zero-order valence-corrected chi connectivity index (χ0v) is 41.4. The molecule has 3 aromatic heterocycles. The SMILES string of the molecule is CC(=O)Nc1ncc(CN2CCC(C(C)C)CC2)s1.CC(=O)Nc1ncc(CN2CCC(C3CCCCC3)CC2)s1.CC(=O)Nc1ncc(CN2CCC(Cc3ccccc3)CC2)s1. The lowest BCUT2D eigenvalue weighted by atomic mass is 9.76. The van der Waals surface area contributed by atoms with Gasteiger partial charge in [0.1, 0.15) is 0 Å². The van der Waals surface area contributed by atoms with Gasteiger partial charge < -0.3 is 16.0 Å². The van der Waals surface area contributed by atoms with E-state index in [-0.39, 0.29) is 17.7 Å². The maximum absolute atomic E-state index is 11.0. The number of nitrogens with one attached hydrogen (secondary N) is 3. The van der Waals surface area contributed by atoms with Crippen LogP contribution in [0, 0.1) is 29.6 Å². The Balaban J connectivity index is 0.000000160. The Kier molecular flexibility index (Phi) is 20.2. The van der Waals surface area contributed by atoms with Crippen molar-refractivity contribution in [3.8, 4) is 0 Å². The Hall–Kier alpha value is -3.60. The number of piperidine rings is 3. The van der Waals surface area contributed by atoms with Gasteiger partial charge in [0.25, 0.3) is 0 Å². The Morgan fingerprint density at radius 2 is 0.953 bits per heavy atom. The van der Waals surface area contributed by atoms with Crippen LogP contribution in [-0.2, 0) is 40.4 Å². The number of aromatic nitrogens is 3. The number of carbonyl (C=O) groups excluding carboxylic acids is 3. The predicted octanol–water partition coefficient (Wildman–Crippen LogP) is 10.4. The number of anilines is 3. The molecule has 4 fully saturated rings. The first-order valence-corrected chi connectivity index (χ1v) is 26.3. The van der Waals surface area contributed by atoms with Crippen LogP contribution >= 0.6 is 34.0 Å². The van der Waals surface area contributed by atoms with Crippen molar-refractivity contribution >= 4 is 67.1 Å². The minimum atomic E-state index is -0.0624. The van der Waals surface area contributed by atoms with Gasteiger partial charge in [-0.2, -0.15) is 0 Å². The van der Waals surface area contributed by atoms with E-state index in [1.54, 1.807) is 34.0 Å². The molecule has 0 spiro atoms. The summed E-state index contributed by atoms with van der Waals surface area (Å²) in [5.41, 5.74) is 1.45. The molecule has 3 aliphatic heterocycles. The zero-order chi connectivity index (χ0) is 45.3. The van der Waals surface area contributed by atoms with Crippen LogP contribution < -0.4 is 16.0 Å². The first-order chi connectivity index (χ1) is 30.9. The van der Waals surface area contributed by atoms with E-state index in [0.29, 0.717) is 10.3 Å². The van der Waals surface area contributed by atoms with Crippen molar-refractivity contribution in [3.63, 3.8) is 0 Å². The van der Waals surface area contributed by atoms with Crippen LogP contribution in [0.4, 0.5) is 15.4 Å². The van der Waals surface area contributed by atoms with Crippen LogP contribution in [0.5, 0.6) is 0 Å². The van der Waals surface area contributed by atoms with Gasteiger partial charge >= 0.3 is 0 Å². The topological polar surface area (TPSA) is 136 Å². The standard InChI is InChI=1S/C18H23N3OS.C17H27N3OS.C14H23N3OS/c1-14(22)20-18-19-12-17(23-18)13-21-9-7-16(8-10-21)11-15-5-3-2-4-6-15;1-13(21)19-17-18-11-16(22-17)12-20-9-7-15(8-10-20)14-5-3-2-4-6-14;1-10(2)12-4-6-17(7-5-12)9-13-8-15-14(19-13)16-11(3)18/h2-6,12,16H,7-11,13H2,1H3,(H,19,20,22);11,14-15H,2-10,12H2,1H3,(H,18,19,21);8,10,12H,4-7,9H2,1-3H3,(H,15,16,18). The number of likely N-dealkylation sites (tertiary alicyclic amines) is 3. The molecule has 1 aliphatic carbocycles. The van der Waals surface area contributed by atoms with Crippen molar-refractivity contribution in [1.82, 2.24) is 29.7 Å². The minimum absolute atomic E-state index is 0.0470. The van der Waals surface area contributed by atoms with E-state index >= 15 is 0 Å². The number of hydrogen-bond acceptors (Lipinski definition) is 12. The van der Waals surface area contributed by atoms with E-state index in [2.05, 4.69) is 89.8 Å². The van der Waals surface area contributed by atoms with E-state index in [0.717, 1.165) is 67.4 Å². The predicted molar refractivity (Wildman–Crippen MR) is 265 cm³/mol. The summed E-state index contributed by atoms with van der Waals surface area (Å²) >= 11 is 4.75. The molecule has 3 N–H and O–H groups in total. The summed E-state index contributed by atoms with van der Waals surface area (Å²) in [7, 11) is 0. The van der Waals surface area contributed by atoms with E-state index in [1.165, 1.54) is 144 Å². The molecule has 15 heteroatoms. The van der Waals surface area contributed by atoms with E-state index in [9.17, 15) is 14.4 Å². The Labute approximate surface area is 394 Å². The highest BCUT2D eigenvalue weighted by atomic mass is 32.1. The molecule has 3 saturated heterocycles. The summed E-state index contributed by atoms with van der Waals surface area (Å²) < 4.78 is 0. The van der Waals surface area contributed by atoms with Crippen molar-refractivity contribution in [2.24, 2.45) is 29.6 Å². The maximum atomic E-state index is 11.0. The smallest absolute Gasteiger partial charge is 0.223 e. The molecule has 350 valence electrons. The third kappa shape index (κ3) is 17.3. The van der Waals surface area contributed by atoms with Gasteiger partial charge in [0.2, 0.25) is 17.7 Å². The molecule has 8 rings (SSSR count). The normalized spacial score (nSPS) is 18.7. The Morgan fingerprint density at radius 3 is 1.36 bits per heavy atom. The lowest BCUT2D eigenvalue weighted by Gasteiger charge is -2.37. The number of rotatable bonds is 13. The summed E-state index contributed by atoms with van der Waals surface area (Å²) in [4.78, 5) is 57.0. The lowest BCUT2D eigenvalue weighted by Crippen LogP contribution is -2.36. The van der Waals surface area contributed by atoms with Gasteiger partial charge in [0, 0.05) is 73.6 Å². The van der Waals surface area contributed by atoms with Gasteiger partial charge in [-0.25, -0.2) is 15.0 Å². The van der Waals surface area contributed by atoms with Crippen LogP contribution in [0.3, 0.4) is 0 Å². The molecule has 0 unspecified atom stereocenters. The minimum Gasteiger partial charge on any atom is -0.302 e. The molecular weight excluding hydrogens is 859 g/mol. The molecule has 0 radical (unpaired) electrons. The van der Waals surface area contributed by atoms with Gasteiger partial charge in [-0.3, -0.25) is 29.1 Å². The van der Waals surface area contributed by atoms with Gasteiger partial charge in [-0.1, -0.05) is 76.3 Å². The molecular formula is C49H73N9O3S3. The lowest BCUT2D eigenvalue weighted by molar-refractivity contribution is -0.115. The van der Waals surface area contributed by atoms with Crippen molar-refractivity contribution in [3.05, 3.63) is 69.1 Å².